The first-order valence-corrected chi connectivity index (χ1v) is 10.5. The van der Waals surface area contributed by atoms with Crippen LogP contribution in [0.1, 0.15) is 23.6 Å². The van der Waals surface area contributed by atoms with Crippen molar-refractivity contribution < 1.29 is 19.2 Å². The number of rotatable bonds is 9. The lowest BCUT2D eigenvalue weighted by atomic mass is 10.1. The van der Waals surface area contributed by atoms with Gasteiger partial charge in [0.15, 0.2) is 11.5 Å². The molecule has 8 heteroatoms. The Morgan fingerprint density at radius 2 is 1.76 bits per heavy atom. The van der Waals surface area contributed by atoms with E-state index in [0.29, 0.717) is 36.0 Å². The SMILES string of the molecule is CCOc1cc(/C=C(\C#N)C(=O)Nc2ccc([N+](=O)[O-])cc2)ccc1OCc1ccc(C)cc1. The Kier molecular flexibility index (Phi) is 7.97. The Bertz CT molecular complexity index is 1240. The molecule has 1 N–H and O–H groups in total. The van der Waals surface area contributed by atoms with Crippen molar-refractivity contribution in [3.8, 4) is 17.6 Å². The molecule has 0 aliphatic carbocycles. The van der Waals surface area contributed by atoms with E-state index in [-0.39, 0.29) is 11.3 Å². The summed E-state index contributed by atoms with van der Waals surface area (Å²) in [6.45, 7) is 4.66. The molecule has 3 aromatic rings. The highest BCUT2D eigenvalue weighted by molar-refractivity contribution is 6.09. The number of carbonyl (C=O) groups excluding carboxylic acids is 1. The van der Waals surface area contributed by atoms with E-state index >= 15 is 0 Å². The molecule has 0 bridgehead atoms. The number of benzene rings is 3. The number of nitrogens with zero attached hydrogens (tertiary/aromatic N) is 2. The van der Waals surface area contributed by atoms with E-state index in [9.17, 15) is 20.2 Å². The van der Waals surface area contributed by atoms with Crippen LogP contribution in [0.5, 0.6) is 11.5 Å². The van der Waals surface area contributed by atoms with E-state index in [1.807, 2.05) is 44.2 Å². The Balaban J connectivity index is 1.75. The van der Waals surface area contributed by atoms with Gasteiger partial charge in [0.2, 0.25) is 0 Å². The summed E-state index contributed by atoms with van der Waals surface area (Å²) in [7, 11) is 0. The number of anilines is 1. The molecule has 0 heterocycles. The highest BCUT2D eigenvalue weighted by Crippen LogP contribution is 2.30. The van der Waals surface area contributed by atoms with Crippen LogP contribution in [0.15, 0.2) is 72.3 Å². The molecular formula is C26H23N3O5. The number of hydrogen-bond acceptors (Lipinski definition) is 6. The number of carbonyl (C=O) groups is 1. The molecule has 34 heavy (non-hydrogen) atoms. The molecule has 1 amide bonds. The average Bonchev–Trinajstić information content (AvgIpc) is 2.83. The second kappa shape index (κ2) is 11.3. The third-order valence-corrected chi connectivity index (χ3v) is 4.79. The number of ether oxygens (including phenoxy) is 2. The van der Waals surface area contributed by atoms with E-state index < -0.39 is 10.8 Å². The summed E-state index contributed by atoms with van der Waals surface area (Å²) in [4.78, 5) is 22.8. The van der Waals surface area contributed by atoms with Crippen LogP contribution in [0, 0.1) is 28.4 Å². The maximum atomic E-state index is 12.5. The fourth-order valence-electron chi connectivity index (χ4n) is 3.03. The van der Waals surface area contributed by atoms with Crippen molar-refractivity contribution in [1.29, 1.82) is 5.26 Å². The monoisotopic (exact) mass is 457 g/mol. The van der Waals surface area contributed by atoms with E-state index in [1.165, 1.54) is 35.9 Å². The molecule has 0 aromatic heterocycles. The van der Waals surface area contributed by atoms with Crippen molar-refractivity contribution in [1.82, 2.24) is 0 Å². The number of hydrogen-bond donors (Lipinski definition) is 1. The Hall–Kier alpha value is -4.64. The molecule has 8 nitrogen and oxygen atoms in total. The van der Waals surface area contributed by atoms with Gasteiger partial charge in [-0.3, -0.25) is 14.9 Å². The summed E-state index contributed by atoms with van der Waals surface area (Å²) in [5, 5.41) is 22.8. The third-order valence-electron chi connectivity index (χ3n) is 4.79. The minimum atomic E-state index is -0.631. The molecule has 0 atom stereocenters. The number of aryl methyl sites for hydroxylation is 1. The number of nitrogens with one attached hydrogen (secondary N) is 1. The van der Waals surface area contributed by atoms with E-state index in [4.69, 9.17) is 9.47 Å². The van der Waals surface area contributed by atoms with Crippen LogP contribution in [0.4, 0.5) is 11.4 Å². The molecule has 0 aliphatic heterocycles. The molecular weight excluding hydrogens is 434 g/mol. The van der Waals surface area contributed by atoms with Crippen LogP contribution < -0.4 is 14.8 Å². The van der Waals surface area contributed by atoms with Gasteiger partial charge in [-0.25, -0.2) is 0 Å². The lowest BCUT2D eigenvalue weighted by Crippen LogP contribution is -2.13. The maximum absolute atomic E-state index is 12.5. The fourth-order valence-corrected chi connectivity index (χ4v) is 3.03. The molecule has 3 rings (SSSR count). The zero-order valence-electron chi connectivity index (χ0n) is 18.8. The van der Waals surface area contributed by atoms with Crippen LogP contribution in [0.3, 0.4) is 0 Å². The minimum absolute atomic E-state index is 0.0952. The van der Waals surface area contributed by atoms with E-state index in [2.05, 4.69) is 5.32 Å². The van der Waals surface area contributed by atoms with Gasteiger partial charge in [-0.15, -0.1) is 0 Å². The summed E-state index contributed by atoms with van der Waals surface area (Å²) in [6, 6.07) is 20.4. The number of amides is 1. The Morgan fingerprint density at radius 3 is 2.38 bits per heavy atom. The molecule has 0 fully saturated rings. The topological polar surface area (TPSA) is 114 Å². The molecule has 0 aliphatic rings. The maximum Gasteiger partial charge on any atom is 0.269 e. The van der Waals surface area contributed by atoms with Crippen molar-refractivity contribution in [3.63, 3.8) is 0 Å². The molecule has 172 valence electrons. The quantitative estimate of drug-likeness (QED) is 0.198. The highest BCUT2D eigenvalue weighted by atomic mass is 16.6. The summed E-state index contributed by atoms with van der Waals surface area (Å²) in [5.41, 5.74) is 2.89. The number of nitro groups is 1. The second-order valence-corrected chi connectivity index (χ2v) is 7.34. The number of nitriles is 1. The van der Waals surface area contributed by atoms with Crippen molar-refractivity contribution in [2.45, 2.75) is 20.5 Å². The fraction of sp³-hybridized carbons (Fsp3) is 0.154. The lowest BCUT2D eigenvalue weighted by Gasteiger charge is -2.13. The van der Waals surface area contributed by atoms with E-state index in [0.717, 1.165) is 5.56 Å². The number of nitro benzene ring substituents is 1. The van der Waals surface area contributed by atoms with Crippen LogP contribution in [-0.4, -0.2) is 17.4 Å². The molecule has 0 radical (unpaired) electrons. The smallest absolute Gasteiger partial charge is 0.269 e. The van der Waals surface area contributed by atoms with Crippen LogP contribution in [0.25, 0.3) is 6.08 Å². The van der Waals surface area contributed by atoms with E-state index in [1.54, 1.807) is 18.2 Å². The van der Waals surface area contributed by atoms with Gasteiger partial charge >= 0.3 is 0 Å². The predicted molar refractivity (Wildman–Crippen MR) is 128 cm³/mol. The Labute approximate surface area is 197 Å². The average molecular weight is 457 g/mol. The first-order valence-electron chi connectivity index (χ1n) is 10.5. The zero-order chi connectivity index (χ0) is 24.5. The standard InChI is InChI=1S/C26H23N3O5/c1-3-33-25-15-20(8-13-24(25)34-17-19-6-4-18(2)5-7-19)14-21(16-27)26(30)28-22-9-11-23(12-10-22)29(31)32/h4-15H,3,17H2,1-2H3,(H,28,30)/b21-14+. The summed E-state index contributed by atoms with van der Waals surface area (Å²) in [5.74, 6) is 0.416. The summed E-state index contributed by atoms with van der Waals surface area (Å²) < 4.78 is 11.6. The highest BCUT2D eigenvalue weighted by Gasteiger charge is 2.13. The minimum Gasteiger partial charge on any atom is -0.490 e. The van der Waals surface area contributed by atoms with Crippen molar-refractivity contribution in [2.24, 2.45) is 0 Å². The Morgan fingerprint density at radius 1 is 1.06 bits per heavy atom. The van der Waals surface area contributed by atoms with Crippen LogP contribution >= 0.6 is 0 Å². The van der Waals surface area contributed by atoms with Gasteiger partial charge in [0.05, 0.1) is 11.5 Å². The lowest BCUT2D eigenvalue weighted by molar-refractivity contribution is -0.384. The van der Waals surface area contributed by atoms with Gasteiger partial charge < -0.3 is 14.8 Å². The molecule has 3 aromatic carbocycles. The van der Waals surface area contributed by atoms with Crippen LogP contribution in [-0.2, 0) is 11.4 Å². The summed E-state index contributed by atoms with van der Waals surface area (Å²) >= 11 is 0. The predicted octanol–water partition coefficient (Wildman–Crippen LogP) is 5.43. The largest absolute Gasteiger partial charge is 0.490 e. The van der Waals surface area contributed by atoms with Gasteiger partial charge in [-0.2, -0.15) is 5.26 Å². The molecule has 0 saturated heterocycles. The van der Waals surface area contributed by atoms with Gasteiger partial charge in [0.25, 0.3) is 11.6 Å². The first kappa shape index (κ1) is 24.0. The van der Waals surface area contributed by atoms with Crippen molar-refractivity contribution in [2.75, 3.05) is 11.9 Å². The third kappa shape index (κ3) is 6.43. The number of non-ortho nitro benzene ring substituents is 1. The van der Waals surface area contributed by atoms with Gasteiger partial charge in [0.1, 0.15) is 18.2 Å². The van der Waals surface area contributed by atoms with Crippen molar-refractivity contribution in [3.05, 3.63) is 99.1 Å². The first-order chi connectivity index (χ1) is 16.4. The van der Waals surface area contributed by atoms with Crippen LogP contribution in [0.2, 0.25) is 0 Å². The summed E-state index contributed by atoms with van der Waals surface area (Å²) in [6.07, 6.45) is 1.44. The van der Waals surface area contributed by atoms with Gasteiger partial charge in [-0.05, 0) is 55.3 Å². The normalized spacial score (nSPS) is 10.8. The van der Waals surface area contributed by atoms with Crippen molar-refractivity contribution >= 4 is 23.4 Å². The molecule has 0 spiro atoms. The van der Waals surface area contributed by atoms with Gasteiger partial charge in [0, 0.05) is 17.8 Å². The van der Waals surface area contributed by atoms with Gasteiger partial charge in [-0.1, -0.05) is 35.9 Å². The molecule has 0 saturated carbocycles. The molecule has 0 unspecified atom stereocenters. The zero-order valence-corrected chi connectivity index (χ0v) is 18.8. The second-order valence-electron chi connectivity index (χ2n) is 7.34.